The van der Waals surface area contributed by atoms with Crippen molar-refractivity contribution in [3.05, 3.63) is 114 Å². The molecular weight excluding hydrogens is 1340 g/mol. The number of nitrogens with one attached hydrogen (secondary N) is 7. The number of amides is 2. The van der Waals surface area contributed by atoms with E-state index in [-0.39, 0.29) is 46.4 Å². The molecule has 0 aliphatic carbocycles. The number of aliphatic carboxylic acids is 2. The highest BCUT2D eigenvalue weighted by Crippen LogP contribution is 2.35. The van der Waals surface area contributed by atoms with Crippen LogP contribution in [0, 0.1) is 0 Å². The van der Waals surface area contributed by atoms with Crippen LogP contribution in [0.5, 0.6) is 28.7 Å². The molecule has 0 saturated carbocycles. The van der Waals surface area contributed by atoms with Gasteiger partial charge in [-0.1, -0.05) is 85.7 Å². The van der Waals surface area contributed by atoms with Gasteiger partial charge in [0.1, 0.15) is 58.1 Å². The number of anilines is 5. The van der Waals surface area contributed by atoms with Crippen LogP contribution in [-0.4, -0.2) is 203 Å². The Balaban J connectivity index is 0.000000600. The van der Waals surface area contributed by atoms with Crippen molar-refractivity contribution in [2.45, 2.75) is 53.5 Å². The second-order valence-electron chi connectivity index (χ2n) is 19.2. The van der Waals surface area contributed by atoms with E-state index in [9.17, 15) is 33.6 Å². The molecule has 5 aromatic rings. The maximum absolute atomic E-state index is 12.3. The quantitative estimate of drug-likeness (QED) is 0.0184. The maximum Gasteiger partial charge on any atom is 0.342 e. The molecular formula is C64H88Cl5N9O17. The van der Waals surface area contributed by atoms with E-state index in [1.807, 2.05) is 0 Å². The molecule has 1 atom stereocenters. The first kappa shape index (κ1) is 84.8. The summed E-state index contributed by atoms with van der Waals surface area (Å²) in [5.41, 5.74) is 4.52. The molecule has 0 spiro atoms. The van der Waals surface area contributed by atoms with Crippen LogP contribution >= 0.6 is 58.0 Å². The highest BCUT2D eigenvalue weighted by molar-refractivity contribution is 6.35. The number of ether oxygens (including phenoxy) is 7. The van der Waals surface area contributed by atoms with Gasteiger partial charge in [-0.3, -0.25) is 14.4 Å². The van der Waals surface area contributed by atoms with Crippen molar-refractivity contribution in [2.24, 2.45) is 0 Å². The average molecular weight is 1430 g/mol. The number of methoxy groups -OCH3 is 5. The van der Waals surface area contributed by atoms with Gasteiger partial charge in [-0.25, -0.2) is 19.2 Å². The van der Waals surface area contributed by atoms with Gasteiger partial charge in [-0.05, 0) is 69.9 Å². The lowest BCUT2D eigenvalue weighted by atomic mass is 10.1. The summed E-state index contributed by atoms with van der Waals surface area (Å²) in [6.45, 7) is 16.7. The van der Waals surface area contributed by atoms with Crippen molar-refractivity contribution in [1.29, 1.82) is 0 Å². The number of aromatic carboxylic acids is 1. The van der Waals surface area contributed by atoms with Gasteiger partial charge in [0, 0.05) is 91.6 Å². The van der Waals surface area contributed by atoms with Crippen molar-refractivity contribution in [1.82, 2.24) is 20.4 Å². The number of halogens is 5. The summed E-state index contributed by atoms with van der Waals surface area (Å²) in [7, 11) is 15.9. The van der Waals surface area contributed by atoms with Gasteiger partial charge in [-0.2, -0.15) is 0 Å². The number of benzene rings is 5. The molecule has 0 aromatic heterocycles. The highest BCUT2D eigenvalue weighted by Gasteiger charge is 2.25. The summed E-state index contributed by atoms with van der Waals surface area (Å²) in [4.78, 5) is 85.1. The van der Waals surface area contributed by atoms with Crippen LogP contribution in [-0.2, 0) is 19.1 Å². The fourth-order valence-electron chi connectivity index (χ4n) is 8.23. The smallest absolute Gasteiger partial charge is 0.342 e. The number of hydrogen-bond acceptors (Lipinski definition) is 21. The Hall–Kier alpha value is -8.24. The van der Waals surface area contributed by atoms with E-state index in [2.05, 4.69) is 74.7 Å². The minimum Gasteiger partial charge on any atom is -0.496 e. The first-order valence-corrected chi connectivity index (χ1v) is 31.4. The number of nitrogens with zero attached hydrogens (tertiary/aromatic N) is 2. The van der Waals surface area contributed by atoms with E-state index < -0.39 is 41.8 Å². The third kappa shape index (κ3) is 27.6. The largest absolute Gasteiger partial charge is 0.496 e. The van der Waals surface area contributed by atoms with Crippen molar-refractivity contribution < 1.29 is 82.0 Å². The Labute approximate surface area is 579 Å². The molecule has 0 radical (unpaired) electrons. The SMILES string of the molecule is CCN(CC)CCNC(=O)c1cc(Cl)c(NC)cc1OC.CCN(CC)CCOC(=O)c1cc(Cl)c(NC)cc1OC.CCOC(=O)c1cc(Cl)c(NC)cc1OC.CNc1cc(OC)c(C(=O)N[C@@H](CCC(=O)O)C(=O)O)cc1Cl.CNc1cc(OC)c(C(=O)O)cc1Cl. The fourth-order valence-corrected chi connectivity index (χ4v) is 9.52. The summed E-state index contributed by atoms with van der Waals surface area (Å²) in [5.74, 6) is -3.43. The van der Waals surface area contributed by atoms with E-state index in [1.165, 1.54) is 59.8 Å². The van der Waals surface area contributed by atoms with Gasteiger partial charge in [0.05, 0.1) is 107 Å². The number of carboxylic acid groups (broad SMARTS) is 3. The average Bonchev–Trinajstić information content (AvgIpc) is 0.892. The van der Waals surface area contributed by atoms with E-state index in [1.54, 1.807) is 78.6 Å². The molecule has 0 bridgehead atoms. The molecule has 526 valence electrons. The molecule has 0 fully saturated rings. The van der Waals surface area contributed by atoms with Crippen LogP contribution in [0.3, 0.4) is 0 Å². The molecule has 10 N–H and O–H groups in total. The summed E-state index contributed by atoms with van der Waals surface area (Å²) in [6.07, 6.45) is -0.616. The summed E-state index contributed by atoms with van der Waals surface area (Å²) in [5, 5.41) is 48.1. The monoisotopic (exact) mass is 1430 g/mol. The number of carbonyl (C=O) groups excluding carboxylic acids is 4. The van der Waals surface area contributed by atoms with Gasteiger partial charge in [0.2, 0.25) is 0 Å². The molecule has 5 aromatic carbocycles. The Morgan fingerprint density at radius 2 is 0.758 bits per heavy atom. The second-order valence-corrected chi connectivity index (χ2v) is 21.2. The summed E-state index contributed by atoms with van der Waals surface area (Å²) < 4.78 is 35.8. The maximum atomic E-state index is 12.3. The van der Waals surface area contributed by atoms with E-state index >= 15 is 0 Å². The minimum absolute atomic E-state index is 0.0523. The third-order valence-corrected chi connectivity index (χ3v) is 15.2. The molecule has 26 nitrogen and oxygen atoms in total. The number of carboxylic acids is 3. The molecule has 0 saturated heterocycles. The predicted molar refractivity (Wildman–Crippen MR) is 375 cm³/mol. The van der Waals surface area contributed by atoms with E-state index in [0.29, 0.717) is 103 Å². The molecule has 5 rings (SSSR count). The zero-order valence-corrected chi connectivity index (χ0v) is 59.8. The molecule has 95 heavy (non-hydrogen) atoms. The van der Waals surface area contributed by atoms with Crippen LogP contribution in [0.25, 0.3) is 0 Å². The van der Waals surface area contributed by atoms with Crippen molar-refractivity contribution in [3.63, 3.8) is 0 Å². The molecule has 0 aliphatic heterocycles. The lowest BCUT2D eigenvalue weighted by Gasteiger charge is -2.18. The van der Waals surface area contributed by atoms with Gasteiger partial charge >= 0.3 is 29.8 Å². The summed E-state index contributed by atoms with van der Waals surface area (Å²) >= 11 is 30.0. The Morgan fingerprint density at radius 3 is 1.07 bits per heavy atom. The molecule has 31 heteroatoms. The lowest BCUT2D eigenvalue weighted by Crippen LogP contribution is -2.41. The number of hydrogen-bond donors (Lipinski definition) is 10. The standard InChI is InChI=1S/C15H24ClN3O2.C15H23ClN2O3.C14H17ClN2O6.C11H14ClNO3.C9H10ClNO3/c1-5-19(6-2)8-7-18-15(20)11-9-12(16)13(17-3)10-14(11)21-4;1-5-18(6-2)7-8-21-15(19)11-9-12(16)13(17-3)10-14(11)20-4;1-16-10-6-11(23-2)7(5-8(10)15)13(20)17-9(14(21)22)3-4-12(18)19;1-4-16-11(14)7-5-8(12)9(13-2)6-10(7)15-3;1-11-7-4-8(14-2)5(9(12)13)3-6(7)10/h9-10,17H,5-8H2,1-4H3,(H,18,20);9-10,17H,5-8H2,1-4H3;5-6,9,16H,3-4H2,1-2H3,(H,17,20)(H,18,19)(H,21,22);5-6,13H,4H2,1-3H3;3-4,11H,1-2H3,(H,12,13)/t;;9-;;/m..0../s1. The number of likely N-dealkylation sites (N-methyl/N-ethyl adjacent to an activating group) is 2. The van der Waals surface area contributed by atoms with E-state index in [0.717, 1.165) is 38.4 Å². The van der Waals surface area contributed by atoms with Crippen LogP contribution in [0.1, 0.15) is 99.3 Å². The zero-order valence-electron chi connectivity index (χ0n) is 56.0. The van der Waals surface area contributed by atoms with Crippen molar-refractivity contribution >= 4 is 128 Å². The van der Waals surface area contributed by atoms with Gasteiger partial charge in [-0.15, -0.1) is 0 Å². The number of rotatable bonds is 31. The van der Waals surface area contributed by atoms with Gasteiger partial charge < -0.3 is 95.5 Å². The predicted octanol–water partition coefficient (Wildman–Crippen LogP) is 11.4. The normalized spacial score (nSPS) is 10.5. The molecule has 0 unspecified atom stereocenters. The molecule has 0 heterocycles. The molecule has 0 aliphatic rings. The topological polar surface area (TPSA) is 335 Å². The molecule has 2 amide bonds. The van der Waals surface area contributed by atoms with Crippen LogP contribution in [0.4, 0.5) is 28.4 Å². The Bertz CT molecular complexity index is 3240. The lowest BCUT2D eigenvalue weighted by molar-refractivity contribution is -0.140. The highest BCUT2D eigenvalue weighted by atomic mass is 35.5. The van der Waals surface area contributed by atoms with Crippen molar-refractivity contribution in [3.8, 4) is 28.7 Å². The van der Waals surface area contributed by atoms with Gasteiger partial charge in [0.25, 0.3) is 11.8 Å². The number of esters is 2. The van der Waals surface area contributed by atoms with Crippen LogP contribution in [0.15, 0.2) is 60.7 Å². The Kier molecular flexibility index (Phi) is 40.3. The zero-order chi connectivity index (χ0) is 72.1. The first-order chi connectivity index (χ1) is 45.2. The second kappa shape index (κ2) is 45.2. The summed E-state index contributed by atoms with van der Waals surface area (Å²) in [6, 6.07) is 14.2. The first-order valence-electron chi connectivity index (χ1n) is 29.5. The Morgan fingerprint density at radius 1 is 0.442 bits per heavy atom. The minimum atomic E-state index is -1.33. The number of carbonyl (C=O) groups is 7. The van der Waals surface area contributed by atoms with Crippen molar-refractivity contribution in [2.75, 3.05) is 156 Å². The van der Waals surface area contributed by atoms with Crippen LogP contribution < -0.4 is 60.9 Å². The van der Waals surface area contributed by atoms with E-state index in [4.69, 9.17) is 106 Å². The van der Waals surface area contributed by atoms with Crippen LogP contribution in [0.2, 0.25) is 25.1 Å². The van der Waals surface area contributed by atoms with Gasteiger partial charge in [0.15, 0.2) is 0 Å². The fraction of sp³-hybridized carbons (Fsp3) is 0.422. The third-order valence-electron chi connectivity index (χ3n) is 13.6.